The van der Waals surface area contributed by atoms with E-state index in [-0.39, 0.29) is 24.9 Å². The number of rotatable bonds is 13. The van der Waals surface area contributed by atoms with Gasteiger partial charge in [-0.05, 0) is 49.1 Å². The third kappa shape index (κ3) is 18.8. The van der Waals surface area contributed by atoms with Crippen LogP contribution in [-0.4, -0.2) is 70.5 Å². The molecule has 0 saturated carbocycles. The number of nitrogens with zero attached hydrogens (tertiary/aromatic N) is 4. The Morgan fingerprint density at radius 3 is 1.50 bits per heavy atom. The van der Waals surface area contributed by atoms with E-state index in [1.54, 1.807) is 12.4 Å². The number of ether oxygens (including phenoxy) is 2. The molecule has 2 aromatic rings. The molecule has 44 heavy (non-hydrogen) atoms. The number of carbonyl (C=O) groups is 2. The van der Waals surface area contributed by atoms with Gasteiger partial charge in [0.05, 0.1) is 13.2 Å². The topological polar surface area (TPSA) is 152 Å². The highest BCUT2D eigenvalue weighted by atomic mass is 16.6. The van der Waals surface area contributed by atoms with Crippen LogP contribution >= 0.6 is 0 Å². The molecular formula is C32H58N8O4. The first-order valence-electron chi connectivity index (χ1n) is 15.1. The maximum absolute atomic E-state index is 11.7. The minimum atomic E-state index is -0.402. The fraction of sp³-hybridized carbons (Fsp3) is 0.688. The van der Waals surface area contributed by atoms with Gasteiger partial charge in [-0.3, -0.25) is 0 Å². The first kappa shape index (κ1) is 40.3. The Hall–Kier alpha value is -3.70. The second-order valence-electron chi connectivity index (χ2n) is 12.9. The molecule has 0 radical (unpaired) electrons. The molecule has 0 fully saturated rings. The Balaban J connectivity index is 0.000000823. The monoisotopic (exact) mass is 618 g/mol. The number of hydrogen-bond donors (Lipinski definition) is 4. The zero-order chi connectivity index (χ0) is 32.6. The van der Waals surface area contributed by atoms with Crippen LogP contribution in [0.4, 0.5) is 21.5 Å². The van der Waals surface area contributed by atoms with Crippen molar-refractivity contribution in [2.75, 3.05) is 36.9 Å². The molecule has 0 spiro atoms. The van der Waals surface area contributed by atoms with Gasteiger partial charge in [-0.1, -0.05) is 69.7 Å². The van der Waals surface area contributed by atoms with Crippen molar-refractivity contribution < 1.29 is 19.1 Å². The normalized spacial score (nSPS) is 12.3. The maximum Gasteiger partial charge on any atom is 0.407 e. The van der Waals surface area contributed by atoms with Crippen LogP contribution < -0.4 is 21.3 Å². The Kier molecular flexibility index (Phi) is 18.6. The fourth-order valence-corrected chi connectivity index (χ4v) is 3.16. The average molecular weight is 619 g/mol. The summed E-state index contributed by atoms with van der Waals surface area (Å²) < 4.78 is 10.2. The summed E-state index contributed by atoms with van der Waals surface area (Å²) in [5.41, 5.74) is 1.94. The van der Waals surface area contributed by atoms with Gasteiger partial charge in [-0.25, -0.2) is 29.5 Å². The Morgan fingerprint density at radius 2 is 1.14 bits per heavy atom. The lowest BCUT2D eigenvalue weighted by atomic mass is 9.99. The number of hydrogen-bond acceptors (Lipinski definition) is 10. The Morgan fingerprint density at radius 1 is 0.727 bits per heavy atom. The molecule has 12 nitrogen and oxygen atoms in total. The standard InChI is InChI=1S/C16H28N4O2.C15H26N4O2.CH4/c1-11(2)13-7-8-17-14(20-13)18-9-12(3)19-15(21)22-10-16(4,5)6;1-10(2)9-21-15(20)18-12(5)8-17-14-16-7-6-13(19-14)11(3)4;/h7-8,11-12H,9-10H2,1-6H3,(H,19,21)(H,17,18,20);6-7,10-12H,8-9H2,1-5H3,(H,18,20)(H,16,17,19);1H4/t2*12-;/m11./s1. The predicted molar refractivity (Wildman–Crippen MR) is 178 cm³/mol. The van der Waals surface area contributed by atoms with Crippen molar-refractivity contribution in [3.8, 4) is 0 Å². The second kappa shape index (κ2) is 20.3. The Bertz CT molecular complexity index is 1110. The fourth-order valence-electron chi connectivity index (χ4n) is 3.16. The summed E-state index contributed by atoms with van der Waals surface area (Å²) in [6, 6.07) is 3.65. The number of amides is 2. The molecule has 4 N–H and O–H groups in total. The summed E-state index contributed by atoms with van der Waals surface area (Å²) >= 11 is 0. The third-order valence-corrected chi connectivity index (χ3v) is 5.58. The molecule has 0 aliphatic carbocycles. The number of carbonyl (C=O) groups excluding carboxylic acids is 2. The van der Waals surface area contributed by atoms with E-state index in [4.69, 9.17) is 9.47 Å². The van der Waals surface area contributed by atoms with Crippen molar-refractivity contribution in [2.24, 2.45) is 11.3 Å². The van der Waals surface area contributed by atoms with Crippen LogP contribution in [0.5, 0.6) is 0 Å². The van der Waals surface area contributed by atoms with E-state index in [1.165, 1.54) is 0 Å². The molecule has 0 aliphatic rings. The smallest absolute Gasteiger partial charge is 0.407 e. The average Bonchev–Trinajstić information content (AvgIpc) is 2.93. The van der Waals surface area contributed by atoms with Crippen molar-refractivity contribution >= 4 is 24.1 Å². The van der Waals surface area contributed by atoms with Crippen LogP contribution in [0.2, 0.25) is 0 Å². The molecule has 0 aliphatic heterocycles. The maximum atomic E-state index is 11.7. The van der Waals surface area contributed by atoms with Crippen LogP contribution in [0, 0.1) is 11.3 Å². The molecule has 0 saturated heterocycles. The number of alkyl carbamates (subject to hydrolysis) is 2. The van der Waals surface area contributed by atoms with E-state index in [2.05, 4.69) is 68.9 Å². The molecule has 0 unspecified atom stereocenters. The molecule has 12 heteroatoms. The number of anilines is 2. The summed E-state index contributed by atoms with van der Waals surface area (Å²) in [6.07, 6.45) is 2.68. The molecule has 2 aromatic heterocycles. The Labute approximate surface area is 265 Å². The van der Waals surface area contributed by atoms with Crippen LogP contribution in [0.3, 0.4) is 0 Å². The van der Waals surface area contributed by atoms with Gasteiger partial charge in [0, 0.05) is 49.0 Å². The van der Waals surface area contributed by atoms with E-state index < -0.39 is 12.2 Å². The van der Waals surface area contributed by atoms with E-state index >= 15 is 0 Å². The zero-order valence-corrected chi connectivity index (χ0v) is 27.9. The van der Waals surface area contributed by atoms with Crippen molar-refractivity contribution in [3.63, 3.8) is 0 Å². The molecule has 0 aromatic carbocycles. The van der Waals surface area contributed by atoms with Crippen LogP contribution in [0.25, 0.3) is 0 Å². The lowest BCUT2D eigenvalue weighted by molar-refractivity contribution is 0.104. The zero-order valence-electron chi connectivity index (χ0n) is 27.9. The van der Waals surface area contributed by atoms with Crippen LogP contribution in [-0.2, 0) is 9.47 Å². The summed E-state index contributed by atoms with van der Waals surface area (Å²) in [6.45, 7) is 24.1. The van der Waals surface area contributed by atoms with Crippen molar-refractivity contribution in [3.05, 3.63) is 35.9 Å². The molecular weight excluding hydrogens is 560 g/mol. The quantitative estimate of drug-likeness (QED) is 0.193. The minimum absolute atomic E-state index is 0. The van der Waals surface area contributed by atoms with Crippen LogP contribution in [0.1, 0.15) is 107 Å². The van der Waals surface area contributed by atoms with Gasteiger partial charge in [0.2, 0.25) is 11.9 Å². The van der Waals surface area contributed by atoms with Crippen molar-refractivity contribution in [2.45, 2.75) is 108 Å². The largest absolute Gasteiger partial charge is 0.449 e. The van der Waals surface area contributed by atoms with Gasteiger partial charge in [0.15, 0.2) is 0 Å². The summed E-state index contributed by atoms with van der Waals surface area (Å²) in [4.78, 5) is 40.4. The third-order valence-electron chi connectivity index (χ3n) is 5.58. The number of aromatic nitrogens is 4. The lowest BCUT2D eigenvalue weighted by Gasteiger charge is -2.20. The van der Waals surface area contributed by atoms with E-state index in [1.807, 2.05) is 60.6 Å². The highest BCUT2D eigenvalue weighted by Gasteiger charge is 2.15. The van der Waals surface area contributed by atoms with Crippen molar-refractivity contribution in [1.29, 1.82) is 0 Å². The van der Waals surface area contributed by atoms with Gasteiger partial charge in [0.1, 0.15) is 0 Å². The molecule has 0 bridgehead atoms. The lowest BCUT2D eigenvalue weighted by Crippen LogP contribution is -2.39. The highest BCUT2D eigenvalue weighted by Crippen LogP contribution is 2.14. The molecule has 250 valence electrons. The minimum Gasteiger partial charge on any atom is -0.449 e. The molecule has 2 amide bonds. The SMILES string of the molecule is C.CC(C)COC(=O)N[C@H](C)CNc1nccc(C(C)C)n1.CC(C)c1ccnc(NC[C@@H](C)NC(=O)OCC(C)(C)C)n1. The van der Waals surface area contributed by atoms with E-state index in [9.17, 15) is 9.59 Å². The van der Waals surface area contributed by atoms with Gasteiger partial charge in [0.25, 0.3) is 0 Å². The van der Waals surface area contributed by atoms with Gasteiger partial charge >= 0.3 is 12.2 Å². The highest BCUT2D eigenvalue weighted by molar-refractivity contribution is 5.68. The summed E-state index contributed by atoms with van der Waals surface area (Å²) in [7, 11) is 0. The first-order valence-corrected chi connectivity index (χ1v) is 15.1. The van der Waals surface area contributed by atoms with Crippen molar-refractivity contribution in [1.82, 2.24) is 30.6 Å². The molecule has 2 rings (SSSR count). The van der Waals surface area contributed by atoms with E-state index in [0.29, 0.717) is 56.0 Å². The summed E-state index contributed by atoms with van der Waals surface area (Å²) in [5, 5.41) is 11.8. The van der Waals surface area contributed by atoms with Crippen LogP contribution in [0.15, 0.2) is 24.5 Å². The van der Waals surface area contributed by atoms with Gasteiger partial charge in [-0.2, -0.15) is 0 Å². The first-order chi connectivity index (χ1) is 20.1. The number of nitrogens with one attached hydrogen (secondary N) is 4. The van der Waals surface area contributed by atoms with E-state index in [0.717, 1.165) is 11.4 Å². The predicted octanol–water partition coefficient (Wildman–Crippen LogP) is 6.59. The summed E-state index contributed by atoms with van der Waals surface area (Å²) in [5.74, 6) is 2.19. The molecule has 2 heterocycles. The van der Waals surface area contributed by atoms with Gasteiger partial charge in [-0.15, -0.1) is 0 Å². The second-order valence-corrected chi connectivity index (χ2v) is 12.9. The van der Waals surface area contributed by atoms with Gasteiger partial charge < -0.3 is 30.7 Å². The molecule has 2 atom stereocenters.